The van der Waals surface area contributed by atoms with Crippen LogP contribution in [-0.4, -0.2) is 12.4 Å². The van der Waals surface area contributed by atoms with Crippen molar-refractivity contribution in [3.63, 3.8) is 0 Å². The van der Waals surface area contributed by atoms with Gasteiger partial charge in [0, 0.05) is 22.8 Å². The van der Waals surface area contributed by atoms with E-state index in [0.717, 1.165) is 17.1 Å². The molecule has 2 aromatic rings. The molecule has 2 nitrogen and oxygen atoms in total. The monoisotopic (exact) mass is 259 g/mol. The van der Waals surface area contributed by atoms with Gasteiger partial charge in [-0.1, -0.05) is 36.4 Å². The molecule has 0 unspecified atom stereocenters. The van der Waals surface area contributed by atoms with Crippen LogP contribution in [0, 0.1) is 0 Å². The summed E-state index contributed by atoms with van der Waals surface area (Å²) in [6, 6.07) is 18.3. The number of para-hydroxylation sites is 1. The van der Waals surface area contributed by atoms with Crippen LogP contribution in [0.3, 0.4) is 0 Å². The molecule has 0 aliphatic rings. The molecule has 0 saturated carbocycles. The van der Waals surface area contributed by atoms with E-state index in [4.69, 9.17) is 10.5 Å². The fourth-order valence-corrected chi connectivity index (χ4v) is 2.39. The van der Waals surface area contributed by atoms with Gasteiger partial charge in [-0.2, -0.15) is 0 Å². The lowest BCUT2D eigenvalue weighted by atomic mass is 10.2. The highest BCUT2D eigenvalue weighted by atomic mass is 32.2. The van der Waals surface area contributed by atoms with E-state index in [0.29, 0.717) is 13.2 Å². The zero-order valence-corrected chi connectivity index (χ0v) is 11.0. The second-order valence-corrected chi connectivity index (χ2v) is 4.99. The summed E-state index contributed by atoms with van der Waals surface area (Å²) in [5.41, 5.74) is 6.72. The molecule has 0 amide bonds. The zero-order valence-electron chi connectivity index (χ0n) is 10.2. The molecule has 0 fully saturated rings. The van der Waals surface area contributed by atoms with Crippen molar-refractivity contribution in [1.29, 1.82) is 0 Å². The van der Waals surface area contributed by atoms with Gasteiger partial charge in [0.1, 0.15) is 5.75 Å². The van der Waals surface area contributed by atoms with Crippen molar-refractivity contribution < 1.29 is 4.74 Å². The van der Waals surface area contributed by atoms with E-state index in [1.54, 1.807) is 11.8 Å². The smallest absolute Gasteiger partial charge is 0.123 e. The van der Waals surface area contributed by atoms with Gasteiger partial charge in [-0.3, -0.25) is 0 Å². The van der Waals surface area contributed by atoms with Gasteiger partial charge in [-0.05, 0) is 18.2 Å². The Hall–Kier alpha value is -1.45. The molecule has 3 heteroatoms. The van der Waals surface area contributed by atoms with E-state index in [1.807, 2.05) is 42.5 Å². The average Bonchev–Trinajstić information content (AvgIpc) is 2.45. The minimum absolute atomic E-state index is 0.516. The molecule has 0 aliphatic carbocycles. The number of thioether (sulfide) groups is 1. The number of hydrogen-bond acceptors (Lipinski definition) is 3. The maximum absolute atomic E-state index is 5.75. The third-order valence-electron chi connectivity index (χ3n) is 2.55. The van der Waals surface area contributed by atoms with Gasteiger partial charge >= 0.3 is 0 Å². The van der Waals surface area contributed by atoms with E-state index in [2.05, 4.69) is 12.1 Å². The van der Waals surface area contributed by atoms with Crippen LogP contribution >= 0.6 is 11.8 Å². The Bertz CT molecular complexity index is 473. The summed E-state index contributed by atoms with van der Waals surface area (Å²) in [5, 5.41) is 0. The molecule has 0 radical (unpaired) electrons. The predicted molar refractivity (Wildman–Crippen MR) is 77.0 cm³/mol. The molecule has 2 rings (SSSR count). The van der Waals surface area contributed by atoms with Crippen molar-refractivity contribution >= 4 is 11.8 Å². The quantitative estimate of drug-likeness (QED) is 0.638. The van der Waals surface area contributed by atoms with Crippen LogP contribution in [0.4, 0.5) is 0 Å². The van der Waals surface area contributed by atoms with Gasteiger partial charge in [-0.15, -0.1) is 11.8 Å². The minimum atomic E-state index is 0.516. The van der Waals surface area contributed by atoms with Gasteiger partial charge in [-0.25, -0.2) is 0 Å². The molecular formula is C15H17NOS. The molecular weight excluding hydrogens is 242 g/mol. The van der Waals surface area contributed by atoms with Crippen LogP contribution < -0.4 is 10.5 Å². The predicted octanol–water partition coefficient (Wildman–Crippen LogP) is 3.32. The Morgan fingerprint density at radius 2 is 1.67 bits per heavy atom. The molecule has 0 spiro atoms. The normalized spacial score (nSPS) is 10.3. The first-order chi connectivity index (χ1) is 8.90. The van der Waals surface area contributed by atoms with Crippen molar-refractivity contribution in [3.05, 3.63) is 60.2 Å². The maximum Gasteiger partial charge on any atom is 0.123 e. The Morgan fingerprint density at radius 3 is 2.44 bits per heavy atom. The molecule has 0 aliphatic heterocycles. The second kappa shape index (κ2) is 7.09. The summed E-state index contributed by atoms with van der Waals surface area (Å²) < 4.78 is 5.75. The molecule has 0 heterocycles. The molecule has 94 valence electrons. The van der Waals surface area contributed by atoms with Crippen LogP contribution in [0.15, 0.2) is 59.5 Å². The molecule has 0 atom stereocenters. The topological polar surface area (TPSA) is 35.2 Å². The van der Waals surface area contributed by atoms with E-state index >= 15 is 0 Å². The van der Waals surface area contributed by atoms with Crippen LogP contribution in [0.5, 0.6) is 5.75 Å². The zero-order chi connectivity index (χ0) is 12.6. The highest BCUT2D eigenvalue weighted by molar-refractivity contribution is 7.99. The molecule has 0 saturated heterocycles. The van der Waals surface area contributed by atoms with Crippen molar-refractivity contribution in [2.75, 3.05) is 12.4 Å². The van der Waals surface area contributed by atoms with Gasteiger partial charge in [0.2, 0.25) is 0 Å². The largest absolute Gasteiger partial charge is 0.492 e. The molecule has 0 bridgehead atoms. The second-order valence-electron chi connectivity index (χ2n) is 3.82. The van der Waals surface area contributed by atoms with Gasteiger partial charge in [0.25, 0.3) is 0 Å². The van der Waals surface area contributed by atoms with Crippen LogP contribution in [0.25, 0.3) is 0 Å². The fourth-order valence-electron chi connectivity index (χ4n) is 1.64. The lowest BCUT2D eigenvalue weighted by molar-refractivity contribution is 0.340. The van der Waals surface area contributed by atoms with Gasteiger partial charge < -0.3 is 10.5 Å². The Kier molecular flexibility index (Phi) is 5.12. The lowest BCUT2D eigenvalue weighted by Crippen LogP contribution is -2.05. The van der Waals surface area contributed by atoms with Gasteiger partial charge in [0.05, 0.1) is 6.61 Å². The summed E-state index contributed by atoms with van der Waals surface area (Å²) >= 11 is 1.80. The van der Waals surface area contributed by atoms with Crippen molar-refractivity contribution in [3.8, 4) is 5.75 Å². The highest BCUT2D eigenvalue weighted by Gasteiger charge is 2.00. The SMILES string of the molecule is NCc1ccccc1OCCSc1ccccc1. The first-order valence-corrected chi connectivity index (χ1v) is 6.97. The Morgan fingerprint density at radius 1 is 0.944 bits per heavy atom. The third kappa shape index (κ3) is 3.79. The minimum Gasteiger partial charge on any atom is -0.492 e. The number of ether oxygens (including phenoxy) is 1. The molecule has 2 N–H and O–H groups in total. The maximum atomic E-state index is 5.75. The summed E-state index contributed by atoms with van der Waals surface area (Å²) in [4.78, 5) is 1.27. The highest BCUT2D eigenvalue weighted by Crippen LogP contribution is 2.19. The van der Waals surface area contributed by atoms with Crippen LogP contribution in [0.1, 0.15) is 5.56 Å². The fraction of sp³-hybridized carbons (Fsp3) is 0.200. The van der Waals surface area contributed by atoms with E-state index in [9.17, 15) is 0 Å². The van der Waals surface area contributed by atoms with Crippen LogP contribution in [-0.2, 0) is 6.54 Å². The first-order valence-electron chi connectivity index (χ1n) is 5.99. The van der Waals surface area contributed by atoms with Crippen molar-refractivity contribution in [2.45, 2.75) is 11.4 Å². The average molecular weight is 259 g/mol. The molecule has 18 heavy (non-hydrogen) atoms. The number of nitrogens with two attached hydrogens (primary N) is 1. The third-order valence-corrected chi connectivity index (χ3v) is 3.52. The van der Waals surface area contributed by atoms with Gasteiger partial charge in [0.15, 0.2) is 0 Å². The summed E-state index contributed by atoms with van der Waals surface area (Å²) in [6.07, 6.45) is 0. The molecule has 0 aromatic heterocycles. The number of hydrogen-bond donors (Lipinski definition) is 1. The van der Waals surface area contributed by atoms with E-state index in [1.165, 1.54) is 4.90 Å². The van der Waals surface area contributed by atoms with Crippen molar-refractivity contribution in [1.82, 2.24) is 0 Å². The Balaban J connectivity index is 1.78. The summed E-state index contributed by atoms with van der Waals surface area (Å²) in [5.74, 6) is 1.83. The van der Waals surface area contributed by atoms with Crippen molar-refractivity contribution in [2.24, 2.45) is 5.73 Å². The summed E-state index contributed by atoms with van der Waals surface area (Å²) in [7, 11) is 0. The number of benzene rings is 2. The van der Waals surface area contributed by atoms with E-state index < -0.39 is 0 Å². The summed E-state index contributed by atoms with van der Waals surface area (Å²) in [6.45, 7) is 1.21. The van der Waals surface area contributed by atoms with Crippen LogP contribution in [0.2, 0.25) is 0 Å². The number of rotatable bonds is 6. The Labute approximate surface area is 112 Å². The van der Waals surface area contributed by atoms with E-state index in [-0.39, 0.29) is 0 Å². The lowest BCUT2D eigenvalue weighted by Gasteiger charge is -2.09. The first kappa shape index (κ1) is 13.0. The standard InChI is InChI=1S/C15H17NOS/c16-12-13-6-4-5-9-15(13)17-10-11-18-14-7-2-1-3-8-14/h1-9H,10-12,16H2. The molecule has 2 aromatic carbocycles.